The van der Waals surface area contributed by atoms with Crippen LogP contribution in [-0.4, -0.2) is 6.61 Å². The van der Waals surface area contributed by atoms with Crippen molar-refractivity contribution in [2.75, 3.05) is 6.61 Å². The number of hydrogen-bond acceptors (Lipinski definition) is 1. The standard InChI is InChI=1S/C13H17BrO/c1-10-6-12(7-10)9-15-13-4-2-11(8-14)3-5-13/h2-5,10,12H,6-9H2,1H3. The zero-order valence-corrected chi connectivity index (χ0v) is 10.7. The molecule has 82 valence electrons. The highest BCUT2D eigenvalue weighted by molar-refractivity contribution is 9.08. The van der Waals surface area contributed by atoms with Crippen LogP contribution in [0.5, 0.6) is 5.75 Å². The van der Waals surface area contributed by atoms with Gasteiger partial charge in [0.1, 0.15) is 5.75 Å². The lowest BCUT2D eigenvalue weighted by Gasteiger charge is -2.32. The fraction of sp³-hybridized carbons (Fsp3) is 0.538. The molecule has 0 radical (unpaired) electrons. The molecule has 0 N–H and O–H groups in total. The first-order valence-electron chi connectivity index (χ1n) is 5.55. The lowest BCUT2D eigenvalue weighted by Crippen LogP contribution is -2.26. The highest BCUT2D eigenvalue weighted by atomic mass is 79.9. The fourth-order valence-corrected chi connectivity index (χ4v) is 2.47. The SMILES string of the molecule is CC1CC(COc2ccc(CBr)cc2)C1. The van der Waals surface area contributed by atoms with Crippen molar-refractivity contribution in [3.8, 4) is 5.75 Å². The first kappa shape index (κ1) is 11.0. The largest absolute Gasteiger partial charge is 0.493 e. The average Bonchev–Trinajstić information content (AvgIpc) is 2.23. The second-order valence-corrected chi connectivity index (χ2v) is 5.09. The minimum absolute atomic E-state index is 0.788. The molecule has 0 atom stereocenters. The van der Waals surface area contributed by atoms with Gasteiger partial charge in [-0.25, -0.2) is 0 Å². The van der Waals surface area contributed by atoms with Gasteiger partial charge in [0.2, 0.25) is 0 Å². The van der Waals surface area contributed by atoms with Gasteiger partial charge in [-0.2, -0.15) is 0 Å². The molecule has 1 saturated carbocycles. The van der Waals surface area contributed by atoms with Crippen LogP contribution >= 0.6 is 15.9 Å². The number of benzene rings is 1. The van der Waals surface area contributed by atoms with Crippen LogP contribution in [0.4, 0.5) is 0 Å². The van der Waals surface area contributed by atoms with Crippen LogP contribution in [0.1, 0.15) is 25.3 Å². The molecular weight excluding hydrogens is 252 g/mol. The van der Waals surface area contributed by atoms with Gasteiger partial charge in [0.05, 0.1) is 6.61 Å². The molecule has 15 heavy (non-hydrogen) atoms. The van der Waals surface area contributed by atoms with Gasteiger partial charge in [-0.05, 0) is 42.4 Å². The Labute approximate surface area is 100.0 Å². The second-order valence-electron chi connectivity index (χ2n) is 4.53. The van der Waals surface area contributed by atoms with Crippen LogP contribution in [0.15, 0.2) is 24.3 Å². The first-order chi connectivity index (χ1) is 7.28. The van der Waals surface area contributed by atoms with Gasteiger partial charge < -0.3 is 4.74 Å². The van der Waals surface area contributed by atoms with E-state index in [9.17, 15) is 0 Å². The van der Waals surface area contributed by atoms with Crippen molar-refractivity contribution in [3.63, 3.8) is 0 Å². The summed E-state index contributed by atoms with van der Waals surface area (Å²) in [6, 6.07) is 8.32. The van der Waals surface area contributed by atoms with Crippen molar-refractivity contribution in [2.45, 2.75) is 25.1 Å². The number of rotatable bonds is 4. The van der Waals surface area contributed by atoms with E-state index >= 15 is 0 Å². The number of ether oxygens (including phenoxy) is 1. The van der Waals surface area contributed by atoms with Gasteiger partial charge in [0.15, 0.2) is 0 Å². The van der Waals surface area contributed by atoms with Crippen LogP contribution in [0.2, 0.25) is 0 Å². The molecule has 1 nitrogen and oxygen atoms in total. The normalized spacial score (nSPS) is 24.7. The quantitative estimate of drug-likeness (QED) is 0.750. The van der Waals surface area contributed by atoms with Crippen LogP contribution in [-0.2, 0) is 5.33 Å². The number of hydrogen-bond donors (Lipinski definition) is 0. The Bertz CT molecular complexity index is 301. The van der Waals surface area contributed by atoms with E-state index in [0.29, 0.717) is 0 Å². The van der Waals surface area contributed by atoms with Crippen molar-refractivity contribution in [2.24, 2.45) is 11.8 Å². The molecule has 2 rings (SSSR count). The van der Waals surface area contributed by atoms with E-state index in [0.717, 1.165) is 29.5 Å². The maximum absolute atomic E-state index is 5.74. The molecule has 0 spiro atoms. The fourth-order valence-electron chi connectivity index (χ4n) is 2.09. The molecule has 0 heterocycles. The lowest BCUT2D eigenvalue weighted by atomic mass is 9.77. The van der Waals surface area contributed by atoms with Crippen LogP contribution in [0.25, 0.3) is 0 Å². The summed E-state index contributed by atoms with van der Waals surface area (Å²) < 4.78 is 5.74. The predicted molar refractivity (Wildman–Crippen MR) is 66.5 cm³/mol. The van der Waals surface area contributed by atoms with Gasteiger partial charge in [0, 0.05) is 5.33 Å². The highest BCUT2D eigenvalue weighted by Gasteiger charge is 2.25. The molecule has 0 aliphatic heterocycles. The Balaban J connectivity index is 1.78. The van der Waals surface area contributed by atoms with E-state index < -0.39 is 0 Å². The van der Waals surface area contributed by atoms with Crippen molar-refractivity contribution in [1.82, 2.24) is 0 Å². The Kier molecular flexibility index (Phi) is 3.68. The maximum Gasteiger partial charge on any atom is 0.119 e. The Morgan fingerprint density at radius 2 is 1.93 bits per heavy atom. The van der Waals surface area contributed by atoms with E-state index in [1.807, 2.05) is 0 Å². The Morgan fingerprint density at radius 3 is 2.47 bits per heavy atom. The van der Waals surface area contributed by atoms with Gasteiger partial charge in [-0.3, -0.25) is 0 Å². The summed E-state index contributed by atoms with van der Waals surface area (Å²) in [6.07, 6.45) is 2.67. The minimum Gasteiger partial charge on any atom is -0.493 e. The van der Waals surface area contributed by atoms with Crippen LogP contribution in [0, 0.1) is 11.8 Å². The van der Waals surface area contributed by atoms with E-state index in [-0.39, 0.29) is 0 Å². The zero-order valence-electron chi connectivity index (χ0n) is 9.08. The molecule has 1 aliphatic carbocycles. The summed E-state index contributed by atoms with van der Waals surface area (Å²) in [5, 5.41) is 0.910. The molecule has 0 aromatic heterocycles. The summed E-state index contributed by atoms with van der Waals surface area (Å²) >= 11 is 3.43. The number of halogens is 1. The van der Waals surface area contributed by atoms with E-state index in [1.165, 1.54) is 18.4 Å². The first-order valence-corrected chi connectivity index (χ1v) is 6.68. The maximum atomic E-state index is 5.74. The third kappa shape index (κ3) is 2.97. The predicted octanol–water partition coefficient (Wildman–Crippen LogP) is 4.01. The highest BCUT2D eigenvalue weighted by Crippen LogP contribution is 2.33. The third-order valence-corrected chi connectivity index (χ3v) is 3.68. The second kappa shape index (κ2) is 5.02. The molecule has 1 aliphatic rings. The van der Waals surface area contributed by atoms with E-state index in [1.54, 1.807) is 0 Å². The van der Waals surface area contributed by atoms with Crippen molar-refractivity contribution >= 4 is 15.9 Å². The van der Waals surface area contributed by atoms with Crippen molar-refractivity contribution < 1.29 is 4.74 Å². The molecule has 1 aromatic carbocycles. The van der Waals surface area contributed by atoms with Crippen LogP contribution < -0.4 is 4.74 Å². The topological polar surface area (TPSA) is 9.23 Å². The molecular formula is C13H17BrO. The lowest BCUT2D eigenvalue weighted by molar-refractivity contribution is 0.131. The smallest absolute Gasteiger partial charge is 0.119 e. The molecule has 0 saturated heterocycles. The van der Waals surface area contributed by atoms with Crippen molar-refractivity contribution in [3.05, 3.63) is 29.8 Å². The molecule has 0 amide bonds. The number of alkyl halides is 1. The molecule has 0 unspecified atom stereocenters. The Morgan fingerprint density at radius 1 is 1.27 bits per heavy atom. The molecule has 0 bridgehead atoms. The average molecular weight is 269 g/mol. The minimum atomic E-state index is 0.788. The van der Waals surface area contributed by atoms with Gasteiger partial charge in [0.25, 0.3) is 0 Å². The molecule has 1 fully saturated rings. The van der Waals surface area contributed by atoms with Crippen LogP contribution in [0.3, 0.4) is 0 Å². The van der Waals surface area contributed by atoms with Gasteiger partial charge in [-0.1, -0.05) is 35.0 Å². The van der Waals surface area contributed by atoms with E-state index in [2.05, 4.69) is 47.1 Å². The summed E-state index contributed by atoms with van der Waals surface area (Å²) in [6.45, 7) is 3.19. The molecule has 1 aromatic rings. The Hall–Kier alpha value is -0.500. The molecule has 2 heteroatoms. The third-order valence-electron chi connectivity index (χ3n) is 3.03. The summed E-state index contributed by atoms with van der Waals surface area (Å²) in [4.78, 5) is 0. The zero-order chi connectivity index (χ0) is 10.7. The summed E-state index contributed by atoms with van der Waals surface area (Å²) in [5.74, 6) is 2.70. The van der Waals surface area contributed by atoms with Gasteiger partial charge in [-0.15, -0.1) is 0 Å². The monoisotopic (exact) mass is 268 g/mol. The van der Waals surface area contributed by atoms with Gasteiger partial charge >= 0.3 is 0 Å². The summed E-state index contributed by atoms with van der Waals surface area (Å²) in [7, 11) is 0. The summed E-state index contributed by atoms with van der Waals surface area (Å²) in [5.41, 5.74) is 1.29. The van der Waals surface area contributed by atoms with Crippen molar-refractivity contribution in [1.29, 1.82) is 0 Å². The van der Waals surface area contributed by atoms with E-state index in [4.69, 9.17) is 4.74 Å².